The van der Waals surface area contributed by atoms with E-state index in [1.54, 1.807) is 28.4 Å². The van der Waals surface area contributed by atoms with Gasteiger partial charge in [0.2, 0.25) is 5.75 Å². The lowest BCUT2D eigenvalue weighted by Crippen LogP contribution is -2.34. The van der Waals surface area contributed by atoms with Gasteiger partial charge in [0, 0.05) is 37.2 Å². The number of fused-ring (bicyclic) bond motifs is 2. The van der Waals surface area contributed by atoms with Crippen molar-refractivity contribution in [1.82, 2.24) is 15.1 Å². The molecule has 0 aliphatic carbocycles. The van der Waals surface area contributed by atoms with Crippen LogP contribution in [0, 0.1) is 0 Å². The third kappa shape index (κ3) is 11.5. The fourth-order valence-corrected chi connectivity index (χ4v) is 9.40. The van der Waals surface area contributed by atoms with Crippen molar-refractivity contribution in [1.29, 1.82) is 0 Å². The van der Waals surface area contributed by atoms with Gasteiger partial charge in [-0.1, -0.05) is 48.5 Å². The summed E-state index contributed by atoms with van der Waals surface area (Å²) < 4.78 is 80.6. The molecule has 0 spiro atoms. The van der Waals surface area contributed by atoms with Crippen LogP contribution in [-0.4, -0.2) is 79.0 Å². The summed E-state index contributed by atoms with van der Waals surface area (Å²) in [5, 5.41) is 3.05. The van der Waals surface area contributed by atoms with Crippen LogP contribution in [0.4, 0.5) is 13.2 Å². The van der Waals surface area contributed by atoms with E-state index in [4.69, 9.17) is 33.2 Å². The topological polar surface area (TPSA) is 83.1 Å². The van der Waals surface area contributed by atoms with Gasteiger partial charge in [-0.3, -0.25) is 9.80 Å². The average molecular weight is 969 g/mol. The van der Waals surface area contributed by atoms with E-state index in [0.29, 0.717) is 46.0 Å². The quantitative estimate of drug-likeness (QED) is 0.143. The zero-order chi connectivity index (χ0) is 48.0. The number of hydrogen-bond acceptors (Lipinski definition) is 10. The molecule has 0 fully saturated rings. The fourth-order valence-electron chi connectivity index (χ4n) is 9.40. The Balaban J connectivity index is 0.000000258. The number of rotatable bonds is 10. The van der Waals surface area contributed by atoms with E-state index >= 15 is 0 Å². The molecular formula is C55H61ClF3N3O7. The first-order valence-corrected chi connectivity index (χ1v) is 22.9. The maximum Gasteiger partial charge on any atom is 0.416 e. The minimum atomic E-state index is -4.33. The van der Waals surface area contributed by atoms with Gasteiger partial charge < -0.3 is 38.5 Å². The summed E-state index contributed by atoms with van der Waals surface area (Å²) >= 11 is 0. The zero-order valence-electron chi connectivity index (χ0n) is 40.2. The first kappa shape index (κ1) is 50.7. The lowest BCUT2D eigenvalue weighted by molar-refractivity contribution is -0.137. The molecule has 0 saturated carbocycles. The minimum Gasteiger partial charge on any atom is -0.493 e. The van der Waals surface area contributed by atoms with Gasteiger partial charge in [0.05, 0.1) is 34.0 Å². The smallest absolute Gasteiger partial charge is 0.416 e. The molecule has 6 aromatic carbocycles. The normalized spacial score (nSPS) is 16.9. The van der Waals surface area contributed by atoms with E-state index in [9.17, 15) is 13.2 Å². The molecule has 0 saturated heterocycles. The predicted octanol–water partition coefficient (Wildman–Crippen LogP) is 12.0. The van der Waals surface area contributed by atoms with Crippen LogP contribution >= 0.6 is 12.4 Å². The van der Waals surface area contributed by atoms with Crippen LogP contribution in [0.25, 0.3) is 0 Å². The van der Waals surface area contributed by atoms with Gasteiger partial charge in [-0.05, 0) is 153 Å². The summed E-state index contributed by atoms with van der Waals surface area (Å²) in [5.41, 5.74) is 7.48. The molecule has 14 heteroatoms. The molecule has 366 valence electrons. The van der Waals surface area contributed by atoms with Gasteiger partial charge >= 0.3 is 6.18 Å². The maximum atomic E-state index is 12.6. The lowest BCUT2D eigenvalue weighted by atomic mass is 9.87. The zero-order valence-corrected chi connectivity index (χ0v) is 41.0. The van der Waals surface area contributed by atoms with Crippen LogP contribution in [0.3, 0.4) is 0 Å². The number of alkyl halides is 3. The van der Waals surface area contributed by atoms with Gasteiger partial charge in [0.15, 0.2) is 34.5 Å². The monoisotopic (exact) mass is 967 g/mol. The van der Waals surface area contributed by atoms with Crippen LogP contribution in [0.5, 0.6) is 51.7 Å². The highest BCUT2D eigenvalue weighted by Crippen LogP contribution is 2.52. The molecule has 6 aromatic rings. The largest absolute Gasteiger partial charge is 0.493 e. The van der Waals surface area contributed by atoms with E-state index in [1.165, 1.54) is 34.4 Å². The average Bonchev–Trinajstić information content (AvgIpc) is 3.35. The molecule has 10 nitrogen and oxygen atoms in total. The van der Waals surface area contributed by atoms with Gasteiger partial charge in [0.25, 0.3) is 0 Å². The molecule has 0 amide bonds. The van der Waals surface area contributed by atoms with Gasteiger partial charge in [0.1, 0.15) is 17.6 Å². The number of methoxy groups -OCH3 is 4. The third-order valence-corrected chi connectivity index (χ3v) is 13.1. The summed E-state index contributed by atoms with van der Waals surface area (Å²) in [6, 6.07) is 35.6. The number of benzene rings is 6. The first-order chi connectivity index (χ1) is 32.9. The fraction of sp³-hybridized carbons (Fsp3) is 0.345. The lowest BCUT2D eigenvalue weighted by Gasteiger charge is -2.37. The molecule has 4 aliphatic rings. The highest BCUT2D eigenvalue weighted by molar-refractivity contribution is 5.85. The molecule has 69 heavy (non-hydrogen) atoms. The number of nitrogens with one attached hydrogen (secondary N) is 1. The van der Waals surface area contributed by atoms with Gasteiger partial charge in [-0.2, -0.15) is 13.2 Å². The van der Waals surface area contributed by atoms with E-state index in [0.717, 1.165) is 86.3 Å². The van der Waals surface area contributed by atoms with Crippen molar-refractivity contribution >= 4 is 12.4 Å². The number of likely N-dealkylation sites (N-methyl/N-ethyl adjacent to an activating group) is 2. The Bertz CT molecular complexity index is 2650. The molecule has 1 N–H and O–H groups in total. The second kappa shape index (κ2) is 22.5. The Hall–Kier alpha value is -6.12. The van der Waals surface area contributed by atoms with Crippen LogP contribution in [-0.2, 0) is 31.9 Å². The standard InChI is InChI=1S/C38H42N2O6.C17H18F3NO.ClH/c1-39-15-13-25-20-32(42-4)34-22-28(25)29(39)17-23-7-10-27(11-8-23)45-33-19-24(9-12-31(33)41-3)18-30-36-26(14-16-40(30)2)21-35(43-5)37(44-6)38(36)46-34;1-21-12-11-16(13-5-3-2-4-6-13)22-15-9-7-14(8-10-15)17(18,19)20;/h7-12,19-22,29-30H,13-18H2,1-6H3;2-10,16,21H,11-12H2,1H3;1H. The number of ether oxygens (including phenoxy) is 7. The number of nitrogens with zero attached hydrogens (tertiary/aromatic N) is 2. The van der Waals surface area contributed by atoms with Crippen molar-refractivity contribution in [2.75, 3.05) is 69.2 Å². The Morgan fingerprint density at radius 2 is 1.29 bits per heavy atom. The van der Waals surface area contributed by atoms with Crippen molar-refractivity contribution in [3.05, 3.63) is 160 Å². The summed E-state index contributed by atoms with van der Waals surface area (Å²) in [6.45, 7) is 2.61. The Morgan fingerprint density at radius 1 is 0.667 bits per heavy atom. The summed E-state index contributed by atoms with van der Waals surface area (Å²) in [7, 11) is 12.9. The SMILES string of the molecule is CNCCC(Oc1ccc(C(F)(F)F)cc1)c1ccccc1.COc1ccc2cc1Oc1ccc(cc1)CC1c3cc(c(OC)cc3CCN1C)Oc1c(OC)c(OC)cc3c1C(C2)N(C)CC3.Cl. The third-order valence-electron chi connectivity index (χ3n) is 13.1. The van der Waals surface area contributed by atoms with E-state index in [2.05, 4.69) is 71.7 Å². The van der Waals surface area contributed by atoms with Crippen LogP contribution in [0.2, 0.25) is 0 Å². The van der Waals surface area contributed by atoms with E-state index in [-0.39, 0.29) is 30.6 Å². The summed E-state index contributed by atoms with van der Waals surface area (Å²) in [4.78, 5) is 4.81. The first-order valence-electron chi connectivity index (χ1n) is 22.9. The van der Waals surface area contributed by atoms with Crippen molar-refractivity contribution in [3.63, 3.8) is 0 Å². The second-order valence-corrected chi connectivity index (χ2v) is 17.4. The van der Waals surface area contributed by atoms with Crippen molar-refractivity contribution in [3.8, 4) is 51.7 Å². The maximum absolute atomic E-state index is 12.6. The molecule has 6 bridgehead atoms. The molecule has 0 radical (unpaired) electrons. The van der Waals surface area contributed by atoms with Crippen LogP contribution < -0.4 is 38.5 Å². The highest BCUT2D eigenvalue weighted by atomic mass is 35.5. The molecule has 0 aromatic heterocycles. The van der Waals surface area contributed by atoms with E-state index < -0.39 is 11.7 Å². The molecule has 4 aliphatic heterocycles. The van der Waals surface area contributed by atoms with E-state index in [1.807, 2.05) is 55.6 Å². The number of halogens is 4. The minimum absolute atomic E-state index is 0. The predicted molar refractivity (Wildman–Crippen MR) is 265 cm³/mol. The van der Waals surface area contributed by atoms with Crippen molar-refractivity contribution < 1.29 is 46.3 Å². The molecular weight excluding hydrogens is 907 g/mol. The molecule has 3 atom stereocenters. The van der Waals surface area contributed by atoms with Gasteiger partial charge in [-0.25, -0.2) is 0 Å². The van der Waals surface area contributed by atoms with Crippen LogP contribution in [0.1, 0.15) is 69.1 Å². The Morgan fingerprint density at radius 3 is 1.94 bits per heavy atom. The molecule has 10 rings (SSSR count). The van der Waals surface area contributed by atoms with Crippen molar-refractivity contribution in [2.45, 2.75) is 56.5 Å². The second-order valence-electron chi connectivity index (χ2n) is 17.4. The molecule has 4 heterocycles. The summed E-state index contributed by atoms with van der Waals surface area (Å²) in [6.07, 6.45) is -0.437. The Labute approximate surface area is 409 Å². The van der Waals surface area contributed by atoms with Gasteiger partial charge in [-0.15, -0.1) is 12.4 Å². The van der Waals surface area contributed by atoms with Crippen molar-refractivity contribution in [2.24, 2.45) is 0 Å². The molecule has 3 unspecified atom stereocenters. The summed E-state index contributed by atoms with van der Waals surface area (Å²) in [5.74, 6) is 5.84. The highest BCUT2D eigenvalue weighted by Gasteiger charge is 2.35. The Kier molecular flexibility index (Phi) is 16.6. The number of hydrogen-bond donors (Lipinski definition) is 1. The van der Waals surface area contributed by atoms with Crippen LogP contribution in [0.15, 0.2) is 115 Å².